The van der Waals surface area contributed by atoms with Crippen molar-refractivity contribution in [2.75, 3.05) is 0 Å². The zero-order chi connectivity index (χ0) is 12.3. The van der Waals surface area contributed by atoms with Gasteiger partial charge in [-0.25, -0.2) is 0 Å². The van der Waals surface area contributed by atoms with E-state index in [1.807, 2.05) is 6.07 Å². The fourth-order valence-corrected chi connectivity index (χ4v) is 0.838. The minimum Gasteiger partial charge on any atom is -0.300 e. The molecule has 0 bridgehead atoms. The Morgan fingerprint density at radius 3 is 1.60 bits per heavy atom. The smallest absolute Gasteiger partial charge is 0.126 e. The van der Waals surface area contributed by atoms with Gasteiger partial charge < -0.3 is 4.79 Å². The Hall–Kier alpha value is -1.19. The molecule has 0 spiro atoms. The van der Waals surface area contributed by atoms with E-state index in [2.05, 4.69) is 38.1 Å². The van der Waals surface area contributed by atoms with E-state index in [0.29, 0.717) is 5.92 Å². The summed E-state index contributed by atoms with van der Waals surface area (Å²) in [5, 5.41) is 12.0. The van der Waals surface area contributed by atoms with Gasteiger partial charge in [-0.3, -0.25) is 10.5 Å². The van der Waals surface area contributed by atoms with Crippen LogP contribution >= 0.6 is 0 Å². The highest BCUT2D eigenvalue weighted by molar-refractivity contribution is 5.72. The Bertz CT molecular complexity index is 238. The molecule has 0 heterocycles. The first-order valence-corrected chi connectivity index (χ1v) is 4.76. The van der Waals surface area contributed by atoms with Crippen LogP contribution < -0.4 is 0 Å². The van der Waals surface area contributed by atoms with Gasteiger partial charge in [-0.1, -0.05) is 44.2 Å². The maximum atomic E-state index is 9.44. The van der Waals surface area contributed by atoms with Gasteiger partial charge in [0.15, 0.2) is 0 Å². The van der Waals surface area contributed by atoms with Crippen LogP contribution in [0.25, 0.3) is 0 Å². The molecule has 0 radical (unpaired) electrons. The lowest BCUT2D eigenvalue weighted by Crippen LogP contribution is -1.83. The predicted molar refractivity (Wildman–Crippen MR) is 62.1 cm³/mol. The molecule has 3 heteroatoms. The second-order valence-electron chi connectivity index (χ2n) is 3.47. The summed E-state index contributed by atoms with van der Waals surface area (Å²) < 4.78 is 0. The first-order valence-electron chi connectivity index (χ1n) is 4.76. The second kappa shape index (κ2) is 10.9. The van der Waals surface area contributed by atoms with Crippen molar-refractivity contribution >= 4 is 5.78 Å². The average molecular weight is 212 g/mol. The number of ketones is 1. The molecular weight excluding hydrogens is 192 g/mol. The predicted octanol–water partition coefficient (Wildman–Crippen LogP) is 3.42. The van der Waals surface area contributed by atoms with E-state index in [-0.39, 0.29) is 5.78 Å². The van der Waals surface area contributed by atoms with E-state index in [0.717, 1.165) is 0 Å². The molecule has 0 aliphatic rings. The minimum atomic E-state index is 0.167. The number of carbonyl (C=O) groups is 1. The topological polar surface area (TPSA) is 57.5 Å². The lowest BCUT2D eigenvalue weighted by Gasteiger charge is -2.01. The molecule has 0 atom stereocenters. The Balaban J connectivity index is 0. The number of benzene rings is 1. The van der Waals surface area contributed by atoms with E-state index in [1.165, 1.54) is 19.4 Å². The maximum absolute atomic E-state index is 9.44. The third kappa shape index (κ3) is 12.8. The summed E-state index contributed by atoms with van der Waals surface area (Å²) in [5.74, 6) is 0.825. The Morgan fingerprint density at radius 1 is 1.07 bits per heavy atom. The summed E-state index contributed by atoms with van der Waals surface area (Å²) in [5.41, 5.74) is 1.41. The van der Waals surface area contributed by atoms with Crippen molar-refractivity contribution in [1.29, 1.82) is 0 Å². The standard InChI is InChI=1S/C9H12.C3H6O.H2O2/c1-8(2)9-6-4-3-5-7-9;1-3(2)4;1-2/h3-8H,1-2H3;1-2H3;1-2H. The molecular formula is C12H20O3. The first-order chi connectivity index (χ1) is 7.04. The van der Waals surface area contributed by atoms with Crippen LogP contribution in [-0.4, -0.2) is 16.3 Å². The van der Waals surface area contributed by atoms with Crippen LogP contribution in [0.15, 0.2) is 30.3 Å². The van der Waals surface area contributed by atoms with Crippen molar-refractivity contribution in [3.05, 3.63) is 35.9 Å². The highest BCUT2D eigenvalue weighted by atomic mass is 17.0. The van der Waals surface area contributed by atoms with Crippen LogP contribution in [0.2, 0.25) is 0 Å². The molecule has 1 aromatic rings. The molecule has 0 saturated heterocycles. The van der Waals surface area contributed by atoms with Gasteiger partial charge in [0.25, 0.3) is 0 Å². The first kappa shape index (κ1) is 16.2. The molecule has 86 valence electrons. The third-order valence-corrected chi connectivity index (χ3v) is 1.47. The monoisotopic (exact) mass is 212 g/mol. The summed E-state index contributed by atoms with van der Waals surface area (Å²) in [6, 6.07) is 10.5. The van der Waals surface area contributed by atoms with Crippen molar-refractivity contribution in [1.82, 2.24) is 0 Å². The summed E-state index contributed by atoms with van der Waals surface area (Å²) in [6.45, 7) is 7.46. The normalized spacial score (nSPS) is 8.20. The fourth-order valence-electron chi connectivity index (χ4n) is 0.838. The molecule has 0 aliphatic carbocycles. The number of rotatable bonds is 1. The van der Waals surface area contributed by atoms with Crippen molar-refractivity contribution in [2.24, 2.45) is 0 Å². The number of carbonyl (C=O) groups excluding carboxylic acids is 1. The zero-order valence-electron chi connectivity index (χ0n) is 9.77. The van der Waals surface area contributed by atoms with Crippen LogP contribution in [0.3, 0.4) is 0 Å². The second-order valence-corrected chi connectivity index (χ2v) is 3.47. The van der Waals surface area contributed by atoms with Crippen LogP contribution in [0, 0.1) is 0 Å². The fraction of sp³-hybridized carbons (Fsp3) is 0.417. The largest absolute Gasteiger partial charge is 0.300 e. The Kier molecular flexibility index (Phi) is 11.8. The quantitative estimate of drug-likeness (QED) is 0.554. The van der Waals surface area contributed by atoms with E-state index >= 15 is 0 Å². The zero-order valence-corrected chi connectivity index (χ0v) is 9.77. The molecule has 0 amide bonds. The van der Waals surface area contributed by atoms with Gasteiger partial charge in [0, 0.05) is 0 Å². The SMILES string of the molecule is CC(C)=O.CC(C)c1ccccc1.OO. The van der Waals surface area contributed by atoms with Crippen molar-refractivity contribution in [3.8, 4) is 0 Å². The summed E-state index contributed by atoms with van der Waals surface area (Å²) in [7, 11) is 0. The molecule has 0 saturated carbocycles. The molecule has 1 aromatic carbocycles. The lowest BCUT2D eigenvalue weighted by atomic mass is 10.0. The van der Waals surface area contributed by atoms with Crippen LogP contribution in [0.1, 0.15) is 39.2 Å². The number of Topliss-reactive ketones (excluding diaryl/α,β-unsaturated/α-hetero) is 1. The molecule has 0 fully saturated rings. The van der Waals surface area contributed by atoms with Gasteiger partial charge in [0.2, 0.25) is 0 Å². The summed E-state index contributed by atoms with van der Waals surface area (Å²) in [6.07, 6.45) is 0. The van der Waals surface area contributed by atoms with Gasteiger partial charge in [-0.15, -0.1) is 0 Å². The molecule has 0 aliphatic heterocycles. The van der Waals surface area contributed by atoms with E-state index in [9.17, 15) is 4.79 Å². The Morgan fingerprint density at radius 2 is 1.40 bits per heavy atom. The van der Waals surface area contributed by atoms with Gasteiger partial charge >= 0.3 is 0 Å². The van der Waals surface area contributed by atoms with Gasteiger partial charge in [0.1, 0.15) is 5.78 Å². The number of hydrogen-bond acceptors (Lipinski definition) is 3. The lowest BCUT2D eigenvalue weighted by molar-refractivity contribution is -0.176. The minimum absolute atomic E-state index is 0.167. The summed E-state index contributed by atoms with van der Waals surface area (Å²) >= 11 is 0. The Labute approximate surface area is 91.3 Å². The third-order valence-electron chi connectivity index (χ3n) is 1.47. The van der Waals surface area contributed by atoms with Crippen LogP contribution in [-0.2, 0) is 4.79 Å². The molecule has 15 heavy (non-hydrogen) atoms. The molecule has 3 nitrogen and oxygen atoms in total. The molecule has 0 unspecified atom stereocenters. The summed E-state index contributed by atoms with van der Waals surface area (Å²) in [4.78, 5) is 9.44. The van der Waals surface area contributed by atoms with E-state index < -0.39 is 0 Å². The van der Waals surface area contributed by atoms with Crippen molar-refractivity contribution < 1.29 is 15.3 Å². The molecule has 2 N–H and O–H groups in total. The van der Waals surface area contributed by atoms with Gasteiger partial charge in [-0.05, 0) is 25.3 Å². The van der Waals surface area contributed by atoms with Crippen molar-refractivity contribution in [2.45, 2.75) is 33.6 Å². The van der Waals surface area contributed by atoms with E-state index in [4.69, 9.17) is 10.5 Å². The van der Waals surface area contributed by atoms with E-state index in [1.54, 1.807) is 0 Å². The maximum Gasteiger partial charge on any atom is 0.126 e. The highest BCUT2D eigenvalue weighted by Crippen LogP contribution is 2.11. The average Bonchev–Trinajstić information content (AvgIpc) is 2.21. The number of hydrogen-bond donors (Lipinski definition) is 2. The molecule has 1 rings (SSSR count). The highest BCUT2D eigenvalue weighted by Gasteiger charge is 1.93. The molecule has 0 aromatic heterocycles. The van der Waals surface area contributed by atoms with Gasteiger partial charge in [-0.2, -0.15) is 0 Å². The van der Waals surface area contributed by atoms with Crippen LogP contribution in [0.4, 0.5) is 0 Å². The van der Waals surface area contributed by atoms with Crippen molar-refractivity contribution in [3.63, 3.8) is 0 Å². The van der Waals surface area contributed by atoms with Crippen LogP contribution in [0.5, 0.6) is 0 Å². The van der Waals surface area contributed by atoms with Gasteiger partial charge in [0.05, 0.1) is 0 Å².